The van der Waals surface area contributed by atoms with Crippen LogP contribution in [0, 0.1) is 23.0 Å². The highest BCUT2D eigenvalue weighted by Gasteiger charge is 2.35. The van der Waals surface area contributed by atoms with Gasteiger partial charge in [-0.15, -0.1) is 5.10 Å². The molecule has 11 heteroatoms. The lowest BCUT2D eigenvalue weighted by Crippen LogP contribution is -2.45. The second-order valence-electron chi connectivity index (χ2n) is 8.99. The van der Waals surface area contributed by atoms with Crippen molar-refractivity contribution in [3.63, 3.8) is 0 Å². The number of unbranched alkanes of at least 4 members (excludes halogenated alkanes) is 1. The number of aliphatic hydroxyl groups is 1. The van der Waals surface area contributed by atoms with Crippen molar-refractivity contribution in [3.8, 4) is 6.07 Å². The molecule has 0 aliphatic heterocycles. The van der Waals surface area contributed by atoms with E-state index in [1.807, 2.05) is 23.1 Å². The van der Waals surface area contributed by atoms with Crippen molar-refractivity contribution < 1.29 is 13.9 Å². The minimum Gasteiger partial charge on any atom is -0.382 e. The van der Waals surface area contributed by atoms with E-state index < -0.39 is 17.2 Å². The third-order valence-electron chi connectivity index (χ3n) is 6.08. The van der Waals surface area contributed by atoms with E-state index in [1.165, 1.54) is 23.4 Å². The third-order valence-corrected chi connectivity index (χ3v) is 6.08. The minimum absolute atomic E-state index is 0.0253. The largest absolute Gasteiger partial charge is 0.382 e. The van der Waals surface area contributed by atoms with Crippen LogP contribution in [-0.2, 0) is 25.2 Å². The average Bonchev–Trinajstić information content (AvgIpc) is 3.54. The Morgan fingerprint density at radius 2 is 2.00 bits per heavy atom. The predicted molar refractivity (Wildman–Crippen MR) is 131 cm³/mol. The van der Waals surface area contributed by atoms with Crippen LogP contribution in [0.2, 0.25) is 0 Å². The Bertz CT molecular complexity index is 1350. The van der Waals surface area contributed by atoms with E-state index in [9.17, 15) is 19.1 Å². The molecule has 0 amide bonds. The van der Waals surface area contributed by atoms with Crippen molar-refractivity contribution in [2.75, 3.05) is 13.1 Å². The lowest BCUT2D eigenvalue weighted by molar-refractivity contribution is -0.0242. The number of halogens is 2. The molecule has 0 spiro atoms. The first-order valence-electron chi connectivity index (χ1n) is 12.0. The number of benzene rings is 2. The first kappa shape index (κ1) is 26.1. The molecule has 1 unspecified atom stereocenters. The molecule has 37 heavy (non-hydrogen) atoms. The van der Waals surface area contributed by atoms with Crippen LogP contribution >= 0.6 is 0 Å². The number of nitriles is 1. The monoisotopic (exact) mass is 506 g/mol. The van der Waals surface area contributed by atoms with Crippen LogP contribution in [0.3, 0.4) is 0 Å². The highest BCUT2D eigenvalue weighted by molar-refractivity contribution is 5.37. The van der Waals surface area contributed by atoms with Gasteiger partial charge < -0.3 is 5.11 Å². The molecule has 2 heterocycles. The second-order valence-corrected chi connectivity index (χ2v) is 8.99. The molecule has 1 atom stereocenters. The summed E-state index contributed by atoms with van der Waals surface area (Å²) in [5, 5.41) is 33.7. The van der Waals surface area contributed by atoms with Crippen molar-refractivity contribution in [1.82, 2.24) is 34.7 Å². The number of hydrogen-bond acceptors (Lipinski definition) is 7. The van der Waals surface area contributed by atoms with E-state index in [2.05, 4.69) is 33.4 Å². The maximum absolute atomic E-state index is 14.9. The number of hydrogen-bond donors (Lipinski definition) is 1. The van der Waals surface area contributed by atoms with E-state index in [4.69, 9.17) is 0 Å². The van der Waals surface area contributed by atoms with Gasteiger partial charge in [-0.3, -0.25) is 4.90 Å². The molecule has 192 valence electrons. The van der Waals surface area contributed by atoms with Gasteiger partial charge in [-0.25, -0.2) is 23.1 Å². The summed E-state index contributed by atoms with van der Waals surface area (Å²) in [6.45, 7) is 3.38. The summed E-state index contributed by atoms with van der Waals surface area (Å²) in [5.74, 6) is -1.55. The molecule has 2 aromatic heterocycles. The molecule has 0 bridgehead atoms. The SMILES string of the molecule is CCCCN(Cc1cn(Cc2ccccc2C#N)nn1)CC(O)(Cn1cncn1)c1ccc(F)cc1F. The molecule has 0 aliphatic rings. The maximum Gasteiger partial charge on any atom is 0.137 e. The van der Waals surface area contributed by atoms with Crippen LogP contribution in [0.25, 0.3) is 0 Å². The molecule has 2 aromatic carbocycles. The first-order chi connectivity index (χ1) is 17.9. The summed E-state index contributed by atoms with van der Waals surface area (Å²) in [6, 6.07) is 12.6. The summed E-state index contributed by atoms with van der Waals surface area (Å²) in [6.07, 6.45) is 6.32. The lowest BCUT2D eigenvalue weighted by Gasteiger charge is -2.34. The molecule has 4 rings (SSSR count). The van der Waals surface area contributed by atoms with E-state index in [1.54, 1.807) is 16.9 Å². The highest BCUT2D eigenvalue weighted by atomic mass is 19.1. The molecule has 0 saturated heterocycles. The van der Waals surface area contributed by atoms with Gasteiger partial charge in [-0.2, -0.15) is 10.4 Å². The van der Waals surface area contributed by atoms with Crippen LogP contribution in [0.1, 0.15) is 42.1 Å². The van der Waals surface area contributed by atoms with Crippen LogP contribution in [0.15, 0.2) is 61.3 Å². The predicted octanol–water partition coefficient (Wildman–Crippen LogP) is 3.26. The smallest absolute Gasteiger partial charge is 0.137 e. The number of aromatic nitrogens is 6. The van der Waals surface area contributed by atoms with Crippen molar-refractivity contribution in [2.24, 2.45) is 0 Å². The van der Waals surface area contributed by atoms with Crippen molar-refractivity contribution in [2.45, 2.75) is 45.0 Å². The quantitative estimate of drug-likeness (QED) is 0.314. The van der Waals surface area contributed by atoms with Crippen LogP contribution in [0.5, 0.6) is 0 Å². The zero-order valence-corrected chi connectivity index (χ0v) is 20.5. The van der Waals surface area contributed by atoms with E-state index in [0.717, 1.165) is 30.5 Å². The molecule has 0 fully saturated rings. The topological polar surface area (TPSA) is 109 Å². The number of nitrogens with zero attached hydrogens (tertiary/aromatic N) is 8. The lowest BCUT2D eigenvalue weighted by atomic mass is 9.92. The molecule has 0 aliphatic carbocycles. The summed E-state index contributed by atoms with van der Waals surface area (Å²) < 4.78 is 31.6. The molecule has 1 N–H and O–H groups in total. The molecule has 9 nitrogen and oxygen atoms in total. The minimum atomic E-state index is -1.72. The molecular weight excluding hydrogens is 478 g/mol. The molecule has 0 radical (unpaired) electrons. The second kappa shape index (κ2) is 11.8. The third kappa shape index (κ3) is 6.61. The van der Waals surface area contributed by atoms with Gasteiger partial charge in [0, 0.05) is 24.7 Å². The zero-order valence-electron chi connectivity index (χ0n) is 20.5. The molecular formula is C26H28F2N8O. The Kier molecular flexibility index (Phi) is 8.32. The Balaban J connectivity index is 1.57. The summed E-state index contributed by atoms with van der Waals surface area (Å²) in [7, 11) is 0. The summed E-state index contributed by atoms with van der Waals surface area (Å²) >= 11 is 0. The normalized spacial score (nSPS) is 13.0. The Labute approximate surface area is 213 Å². The van der Waals surface area contributed by atoms with Gasteiger partial charge in [0.1, 0.15) is 29.9 Å². The van der Waals surface area contributed by atoms with Gasteiger partial charge in [-0.1, -0.05) is 42.8 Å². The molecule has 0 saturated carbocycles. The van der Waals surface area contributed by atoms with Gasteiger partial charge in [0.2, 0.25) is 0 Å². The first-order valence-corrected chi connectivity index (χ1v) is 12.0. The van der Waals surface area contributed by atoms with E-state index in [0.29, 0.717) is 30.9 Å². The van der Waals surface area contributed by atoms with Gasteiger partial charge in [-0.05, 0) is 30.7 Å². The Hall–Kier alpha value is -4.01. The summed E-state index contributed by atoms with van der Waals surface area (Å²) in [5.41, 5.74) is 0.318. The Morgan fingerprint density at radius 1 is 1.16 bits per heavy atom. The Morgan fingerprint density at radius 3 is 2.73 bits per heavy atom. The average molecular weight is 507 g/mol. The fourth-order valence-corrected chi connectivity index (χ4v) is 4.29. The fourth-order valence-electron chi connectivity index (χ4n) is 4.29. The van der Waals surface area contributed by atoms with Crippen LogP contribution < -0.4 is 0 Å². The zero-order chi connectivity index (χ0) is 26.3. The van der Waals surface area contributed by atoms with E-state index >= 15 is 0 Å². The van der Waals surface area contributed by atoms with Gasteiger partial charge in [0.25, 0.3) is 0 Å². The van der Waals surface area contributed by atoms with E-state index in [-0.39, 0.29) is 18.7 Å². The summed E-state index contributed by atoms with van der Waals surface area (Å²) in [4.78, 5) is 5.89. The number of rotatable bonds is 12. The van der Waals surface area contributed by atoms with Crippen molar-refractivity contribution >= 4 is 0 Å². The standard InChI is InChI=1S/C26H28F2N8O/c1-2-3-10-34(14-23-15-35(33-32-23)13-21-7-5-4-6-20(21)12-29)16-26(37,17-36-19-30-18-31-36)24-9-8-22(27)11-25(24)28/h4-9,11,15,18-19,37H,2-3,10,13-14,16-17H2,1H3. The van der Waals surface area contributed by atoms with Gasteiger partial charge in [0.05, 0.1) is 36.6 Å². The van der Waals surface area contributed by atoms with Gasteiger partial charge in [0.15, 0.2) is 0 Å². The molecule has 4 aromatic rings. The van der Waals surface area contributed by atoms with Crippen molar-refractivity contribution in [3.05, 3.63) is 95.3 Å². The van der Waals surface area contributed by atoms with Gasteiger partial charge >= 0.3 is 0 Å². The maximum atomic E-state index is 14.9. The van der Waals surface area contributed by atoms with Crippen LogP contribution in [0.4, 0.5) is 8.78 Å². The fraction of sp³-hybridized carbons (Fsp3) is 0.346. The van der Waals surface area contributed by atoms with Crippen LogP contribution in [-0.4, -0.2) is 52.9 Å². The van der Waals surface area contributed by atoms with Crippen molar-refractivity contribution in [1.29, 1.82) is 5.26 Å². The highest BCUT2D eigenvalue weighted by Crippen LogP contribution is 2.28.